The summed E-state index contributed by atoms with van der Waals surface area (Å²) in [5.41, 5.74) is 4.15. The molecule has 0 bridgehead atoms. The second-order valence-electron chi connectivity index (χ2n) is 5.47. The van der Waals surface area contributed by atoms with Gasteiger partial charge in [-0.2, -0.15) is 5.10 Å². The molecular weight excluding hydrogens is 268 g/mol. The molecule has 2 aromatic heterocycles. The largest absolute Gasteiger partial charge is 0.464 e. The first-order valence-electron chi connectivity index (χ1n) is 7.18. The highest BCUT2D eigenvalue weighted by molar-refractivity contribution is 5.87. The molecule has 2 aromatic rings. The monoisotopic (exact) mass is 288 g/mol. The van der Waals surface area contributed by atoms with Crippen LogP contribution in [0.2, 0.25) is 0 Å². The topological polar surface area (TPSA) is 71.9 Å². The van der Waals surface area contributed by atoms with Gasteiger partial charge in [-0.1, -0.05) is 0 Å². The number of aromatic amines is 1. The zero-order valence-electron chi connectivity index (χ0n) is 12.3. The molecule has 21 heavy (non-hydrogen) atoms. The van der Waals surface area contributed by atoms with Crippen LogP contribution in [0.25, 0.3) is 0 Å². The highest BCUT2D eigenvalue weighted by Gasteiger charge is 2.21. The van der Waals surface area contributed by atoms with E-state index in [1.165, 1.54) is 24.8 Å². The minimum absolute atomic E-state index is 0.304. The number of aromatic nitrogens is 3. The van der Waals surface area contributed by atoms with Gasteiger partial charge in [0.25, 0.3) is 0 Å². The van der Waals surface area contributed by atoms with E-state index in [1.807, 2.05) is 25.5 Å². The van der Waals surface area contributed by atoms with Crippen molar-refractivity contribution in [3.63, 3.8) is 0 Å². The molecule has 6 nitrogen and oxygen atoms in total. The molecule has 0 aromatic carbocycles. The van der Waals surface area contributed by atoms with E-state index in [-0.39, 0.29) is 5.97 Å². The number of ether oxygens (including phenoxy) is 1. The van der Waals surface area contributed by atoms with Crippen molar-refractivity contribution in [3.05, 3.63) is 41.0 Å². The Morgan fingerprint density at radius 1 is 1.62 bits per heavy atom. The summed E-state index contributed by atoms with van der Waals surface area (Å²) >= 11 is 0. The normalized spacial score (nSPS) is 17.5. The quantitative estimate of drug-likeness (QED) is 0.840. The fourth-order valence-electron chi connectivity index (χ4n) is 2.95. The van der Waals surface area contributed by atoms with Crippen LogP contribution >= 0.6 is 0 Å². The number of nitrogens with zero attached hydrogens (tertiary/aromatic N) is 2. The van der Waals surface area contributed by atoms with Crippen LogP contribution in [-0.2, 0) is 24.8 Å². The lowest BCUT2D eigenvalue weighted by Crippen LogP contribution is -2.24. The average molecular weight is 288 g/mol. The first kappa shape index (κ1) is 13.9. The number of carbonyl (C=O) groups is 1. The number of methoxy groups -OCH3 is 1. The molecule has 0 fully saturated rings. The molecule has 0 radical (unpaired) electrons. The minimum Gasteiger partial charge on any atom is -0.464 e. The van der Waals surface area contributed by atoms with Crippen molar-refractivity contribution in [2.45, 2.75) is 31.8 Å². The van der Waals surface area contributed by atoms with E-state index in [0.717, 1.165) is 18.4 Å². The van der Waals surface area contributed by atoms with Gasteiger partial charge >= 0.3 is 5.97 Å². The summed E-state index contributed by atoms with van der Waals surface area (Å²) in [5, 5.41) is 10.8. The molecule has 0 unspecified atom stereocenters. The van der Waals surface area contributed by atoms with E-state index >= 15 is 0 Å². The zero-order chi connectivity index (χ0) is 14.8. The van der Waals surface area contributed by atoms with Crippen LogP contribution in [0.4, 0.5) is 0 Å². The third-order valence-corrected chi connectivity index (χ3v) is 4.05. The van der Waals surface area contributed by atoms with Crippen LogP contribution in [0.15, 0.2) is 18.5 Å². The molecule has 112 valence electrons. The number of fused-ring (bicyclic) bond motifs is 1. The van der Waals surface area contributed by atoms with Gasteiger partial charge in [-0.25, -0.2) is 4.79 Å². The van der Waals surface area contributed by atoms with E-state index in [4.69, 9.17) is 4.74 Å². The number of nitrogens with one attached hydrogen (secondary N) is 2. The Bertz CT molecular complexity index is 644. The number of H-pyrrole nitrogens is 1. The van der Waals surface area contributed by atoms with Crippen LogP contribution < -0.4 is 5.32 Å². The molecular formula is C15H20N4O2. The van der Waals surface area contributed by atoms with Crippen LogP contribution in [0.3, 0.4) is 0 Å². The molecule has 0 amide bonds. The summed E-state index contributed by atoms with van der Waals surface area (Å²) in [6.45, 7) is 0.716. The Balaban J connectivity index is 1.68. The molecule has 2 N–H and O–H groups in total. The van der Waals surface area contributed by atoms with Gasteiger partial charge in [0.05, 0.1) is 19.0 Å². The van der Waals surface area contributed by atoms with E-state index in [2.05, 4.69) is 15.5 Å². The van der Waals surface area contributed by atoms with Gasteiger partial charge in [0.1, 0.15) is 5.69 Å². The molecule has 6 heteroatoms. The molecule has 1 aliphatic rings. The van der Waals surface area contributed by atoms with Crippen LogP contribution in [0.1, 0.15) is 46.2 Å². The van der Waals surface area contributed by atoms with Crippen molar-refractivity contribution in [2.75, 3.05) is 7.11 Å². The van der Waals surface area contributed by atoms with E-state index in [9.17, 15) is 4.79 Å². The standard InChI is InChI=1S/C15H20N4O2/c1-19-9-10(6-13(19)15(20)21-2)7-16-12-5-3-4-11-8-17-18-14(11)12/h6,8-9,12,16H,3-5,7H2,1-2H3,(H,17,18)/t12-/m1/s1. The first-order valence-corrected chi connectivity index (χ1v) is 7.18. The fourth-order valence-corrected chi connectivity index (χ4v) is 2.95. The van der Waals surface area contributed by atoms with Crippen molar-refractivity contribution in [1.82, 2.24) is 20.1 Å². The number of aryl methyl sites for hydroxylation is 2. The fraction of sp³-hybridized carbons (Fsp3) is 0.467. The van der Waals surface area contributed by atoms with E-state index in [1.54, 1.807) is 4.57 Å². The summed E-state index contributed by atoms with van der Waals surface area (Å²) in [6.07, 6.45) is 7.25. The second kappa shape index (κ2) is 5.73. The van der Waals surface area contributed by atoms with Crippen molar-refractivity contribution >= 4 is 5.97 Å². The van der Waals surface area contributed by atoms with Crippen molar-refractivity contribution < 1.29 is 9.53 Å². The Labute approximate surface area is 123 Å². The third-order valence-electron chi connectivity index (χ3n) is 4.05. The number of hydrogen-bond acceptors (Lipinski definition) is 4. The molecule has 3 rings (SSSR count). The maximum Gasteiger partial charge on any atom is 0.354 e. The van der Waals surface area contributed by atoms with Crippen LogP contribution in [0, 0.1) is 0 Å². The molecule has 1 atom stereocenters. The highest BCUT2D eigenvalue weighted by atomic mass is 16.5. The summed E-state index contributed by atoms with van der Waals surface area (Å²) in [5.74, 6) is -0.308. The van der Waals surface area contributed by atoms with Crippen molar-refractivity contribution in [1.29, 1.82) is 0 Å². The SMILES string of the molecule is COC(=O)c1cc(CN[C@@H]2CCCc3cn[nH]c32)cn1C. The number of carbonyl (C=O) groups excluding carboxylic acids is 1. The Kier molecular flexibility index (Phi) is 3.79. The molecule has 0 saturated carbocycles. The van der Waals surface area contributed by atoms with Gasteiger partial charge in [-0.15, -0.1) is 0 Å². The van der Waals surface area contributed by atoms with Crippen LogP contribution in [0.5, 0.6) is 0 Å². The Morgan fingerprint density at radius 3 is 3.29 bits per heavy atom. The predicted octanol–water partition coefficient (Wildman–Crippen LogP) is 1.70. The van der Waals surface area contributed by atoms with E-state index < -0.39 is 0 Å². The molecule has 0 aliphatic heterocycles. The summed E-state index contributed by atoms with van der Waals surface area (Å²) in [7, 11) is 3.25. The van der Waals surface area contributed by atoms with Gasteiger partial charge in [0.2, 0.25) is 0 Å². The van der Waals surface area contributed by atoms with Gasteiger partial charge in [0, 0.05) is 25.8 Å². The molecule has 0 saturated heterocycles. The number of rotatable bonds is 4. The first-order chi connectivity index (χ1) is 10.2. The molecule has 0 spiro atoms. The lowest BCUT2D eigenvalue weighted by Gasteiger charge is -2.22. The Hall–Kier alpha value is -2.08. The second-order valence-corrected chi connectivity index (χ2v) is 5.47. The molecule has 2 heterocycles. The predicted molar refractivity (Wildman–Crippen MR) is 77.9 cm³/mol. The van der Waals surface area contributed by atoms with E-state index in [0.29, 0.717) is 18.3 Å². The zero-order valence-corrected chi connectivity index (χ0v) is 12.3. The average Bonchev–Trinajstić information content (AvgIpc) is 3.10. The lowest BCUT2D eigenvalue weighted by molar-refractivity contribution is 0.0590. The van der Waals surface area contributed by atoms with Crippen LogP contribution in [-0.4, -0.2) is 27.8 Å². The smallest absolute Gasteiger partial charge is 0.354 e. The van der Waals surface area contributed by atoms with Gasteiger partial charge in [0.15, 0.2) is 0 Å². The minimum atomic E-state index is -0.308. The van der Waals surface area contributed by atoms with Gasteiger partial charge < -0.3 is 14.6 Å². The van der Waals surface area contributed by atoms with Gasteiger partial charge in [-0.3, -0.25) is 5.10 Å². The number of esters is 1. The highest BCUT2D eigenvalue weighted by Crippen LogP contribution is 2.27. The third kappa shape index (κ3) is 2.71. The maximum atomic E-state index is 11.6. The summed E-state index contributed by atoms with van der Waals surface area (Å²) < 4.78 is 6.56. The van der Waals surface area contributed by atoms with Crippen molar-refractivity contribution in [2.24, 2.45) is 7.05 Å². The van der Waals surface area contributed by atoms with Crippen molar-refractivity contribution in [3.8, 4) is 0 Å². The summed E-state index contributed by atoms with van der Waals surface area (Å²) in [6, 6.07) is 2.17. The lowest BCUT2D eigenvalue weighted by atomic mass is 9.93. The maximum absolute atomic E-state index is 11.6. The number of hydrogen-bond donors (Lipinski definition) is 2. The molecule has 1 aliphatic carbocycles. The Morgan fingerprint density at radius 2 is 2.48 bits per heavy atom. The summed E-state index contributed by atoms with van der Waals surface area (Å²) in [4.78, 5) is 11.6. The van der Waals surface area contributed by atoms with Gasteiger partial charge in [-0.05, 0) is 36.5 Å².